The van der Waals surface area contributed by atoms with Crippen molar-refractivity contribution in [1.29, 1.82) is 0 Å². The number of nitrogens with zero attached hydrogens (tertiary/aromatic N) is 2. The van der Waals surface area contributed by atoms with Crippen molar-refractivity contribution in [2.75, 3.05) is 0 Å². The van der Waals surface area contributed by atoms with E-state index in [1.807, 2.05) is 6.92 Å². The lowest BCUT2D eigenvalue weighted by molar-refractivity contribution is -0.131. The van der Waals surface area contributed by atoms with Gasteiger partial charge >= 0.3 is 5.97 Å². The van der Waals surface area contributed by atoms with E-state index in [1.165, 1.54) is 24.3 Å². The summed E-state index contributed by atoms with van der Waals surface area (Å²) in [6, 6.07) is 4.36. The molecule has 0 atom stereocenters. The van der Waals surface area contributed by atoms with Crippen LogP contribution in [0.2, 0.25) is 5.02 Å². The molecule has 1 heterocycles. The van der Waals surface area contributed by atoms with Crippen molar-refractivity contribution >= 4 is 35.4 Å². The molecule has 0 spiro atoms. The Labute approximate surface area is 129 Å². The number of benzene rings is 1. The van der Waals surface area contributed by atoms with Crippen molar-refractivity contribution in [3.05, 3.63) is 39.6 Å². The highest BCUT2D eigenvalue weighted by molar-refractivity contribution is 8.03. The van der Waals surface area contributed by atoms with Gasteiger partial charge in [0.25, 0.3) is 5.22 Å². The highest BCUT2D eigenvalue weighted by atomic mass is 35.5. The fourth-order valence-electron chi connectivity index (χ4n) is 1.43. The molecule has 0 aliphatic carbocycles. The SMILES string of the molecule is CCc1nnc(S/C(=C\c2cc(Cl)ccc2O)C(=O)O)o1. The maximum atomic E-state index is 11.3. The van der Waals surface area contributed by atoms with Crippen LogP contribution in [0.4, 0.5) is 0 Å². The fraction of sp³-hybridized carbons (Fsp3) is 0.154. The van der Waals surface area contributed by atoms with Crippen LogP contribution in [0.3, 0.4) is 0 Å². The summed E-state index contributed by atoms with van der Waals surface area (Å²) in [5.74, 6) is -0.818. The molecule has 0 amide bonds. The van der Waals surface area contributed by atoms with E-state index in [0.717, 1.165) is 11.8 Å². The van der Waals surface area contributed by atoms with Gasteiger partial charge in [0, 0.05) is 17.0 Å². The smallest absolute Gasteiger partial charge is 0.342 e. The van der Waals surface area contributed by atoms with E-state index in [-0.39, 0.29) is 15.9 Å². The summed E-state index contributed by atoms with van der Waals surface area (Å²) in [4.78, 5) is 11.2. The number of thioether (sulfide) groups is 1. The quantitative estimate of drug-likeness (QED) is 0.643. The van der Waals surface area contributed by atoms with E-state index in [0.29, 0.717) is 22.9 Å². The van der Waals surface area contributed by atoms with Gasteiger partial charge in [-0.05, 0) is 36.0 Å². The van der Waals surface area contributed by atoms with Crippen LogP contribution < -0.4 is 0 Å². The second-order valence-electron chi connectivity index (χ2n) is 3.93. The van der Waals surface area contributed by atoms with Crippen LogP contribution in [0.5, 0.6) is 5.75 Å². The minimum atomic E-state index is -1.17. The lowest BCUT2D eigenvalue weighted by Gasteiger charge is -2.02. The Morgan fingerprint density at radius 2 is 2.24 bits per heavy atom. The Balaban J connectivity index is 2.32. The Hall–Kier alpha value is -1.99. The standard InChI is InChI=1S/C13H11ClN2O4S/c1-2-11-15-16-13(20-11)21-10(12(18)19)6-7-5-8(14)3-4-9(7)17/h3-6,17H,2H2,1H3,(H,18,19)/b10-6-. The molecule has 0 saturated heterocycles. The molecule has 110 valence electrons. The zero-order chi connectivity index (χ0) is 15.4. The number of hydrogen-bond donors (Lipinski definition) is 2. The Kier molecular flexibility index (Phi) is 4.87. The van der Waals surface area contributed by atoms with E-state index in [4.69, 9.17) is 16.0 Å². The van der Waals surface area contributed by atoms with Crippen LogP contribution in [0.1, 0.15) is 18.4 Å². The molecule has 0 aliphatic heterocycles. The third-order valence-corrected chi connectivity index (χ3v) is 3.52. The van der Waals surface area contributed by atoms with Crippen molar-refractivity contribution in [2.45, 2.75) is 18.6 Å². The van der Waals surface area contributed by atoms with Gasteiger partial charge in [0.1, 0.15) is 10.7 Å². The van der Waals surface area contributed by atoms with E-state index in [1.54, 1.807) is 0 Å². The molecule has 0 saturated carbocycles. The second kappa shape index (κ2) is 6.64. The van der Waals surface area contributed by atoms with E-state index >= 15 is 0 Å². The maximum absolute atomic E-state index is 11.3. The zero-order valence-electron chi connectivity index (χ0n) is 10.9. The van der Waals surface area contributed by atoms with Gasteiger partial charge in [-0.1, -0.05) is 18.5 Å². The minimum Gasteiger partial charge on any atom is -0.507 e. The van der Waals surface area contributed by atoms with Crippen LogP contribution in [0.25, 0.3) is 6.08 Å². The first-order valence-corrected chi connectivity index (χ1v) is 7.12. The summed E-state index contributed by atoms with van der Waals surface area (Å²) in [5, 5.41) is 27.0. The van der Waals surface area contributed by atoms with Crippen LogP contribution in [-0.2, 0) is 11.2 Å². The lowest BCUT2D eigenvalue weighted by Crippen LogP contribution is -1.97. The number of halogens is 1. The summed E-state index contributed by atoms with van der Waals surface area (Å²) in [5.41, 5.74) is 0.294. The number of rotatable bonds is 5. The van der Waals surface area contributed by atoms with Gasteiger partial charge in [0.2, 0.25) is 5.89 Å². The van der Waals surface area contributed by atoms with E-state index < -0.39 is 5.97 Å². The molecule has 0 aliphatic rings. The maximum Gasteiger partial charge on any atom is 0.342 e. The molecule has 1 aromatic carbocycles. The first kappa shape index (κ1) is 15.4. The number of hydrogen-bond acceptors (Lipinski definition) is 6. The molecule has 0 bridgehead atoms. The van der Waals surface area contributed by atoms with Gasteiger partial charge in [-0.2, -0.15) is 0 Å². The highest BCUT2D eigenvalue weighted by Gasteiger charge is 2.15. The first-order chi connectivity index (χ1) is 9.99. The Morgan fingerprint density at radius 3 is 2.86 bits per heavy atom. The number of carboxylic acids is 1. The second-order valence-corrected chi connectivity index (χ2v) is 5.36. The number of aryl methyl sites for hydroxylation is 1. The molecule has 6 nitrogen and oxygen atoms in total. The molecule has 8 heteroatoms. The van der Waals surface area contributed by atoms with Gasteiger partial charge in [-0.25, -0.2) is 4.79 Å². The Morgan fingerprint density at radius 1 is 1.48 bits per heavy atom. The number of carbonyl (C=O) groups is 1. The van der Waals surface area contributed by atoms with Gasteiger partial charge < -0.3 is 14.6 Å². The predicted octanol–water partition coefficient (Wildman–Crippen LogP) is 3.21. The number of aromatic hydroxyl groups is 1. The van der Waals surface area contributed by atoms with Gasteiger partial charge in [-0.3, -0.25) is 0 Å². The Bertz CT molecular complexity index is 699. The average Bonchev–Trinajstić information content (AvgIpc) is 2.89. The van der Waals surface area contributed by atoms with Crippen molar-refractivity contribution < 1.29 is 19.4 Å². The van der Waals surface area contributed by atoms with Crippen LogP contribution in [-0.4, -0.2) is 26.4 Å². The lowest BCUT2D eigenvalue weighted by atomic mass is 10.2. The number of aromatic nitrogens is 2. The first-order valence-electron chi connectivity index (χ1n) is 5.93. The third kappa shape index (κ3) is 3.99. The largest absolute Gasteiger partial charge is 0.507 e. The minimum absolute atomic E-state index is 0.0705. The molecule has 21 heavy (non-hydrogen) atoms. The zero-order valence-corrected chi connectivity index (χ0v) is 12.5. The van der Waals surface area contributed by atoms with Gasteiger partial charge in [0.15, 0.2) is 0 Å². The van der Waals surface area contributed by atoms with Gasteiger partial charge in [-0.15, -0.1) is 10.2 Å². The summed E-state index contributed by atoms with van der Waals surface area (Å²) < 4.78 is 5.25. The van der Waals surface area contributed by atoms with Crippen LogP contribution in [0.15, 0.2) is 32.7 Å². The topological polar surface area (TPSA) is 96.5 Å². The molecule has 0 fully saturated rings. The van der Waals surface area contributed by atoms with Crippen molar-refractivity contribution in [2.24, 2.45) is 0 Å². The van der Waals surface area contributed by atoms with Crippen LogP contribution in [0, 0.1) is 0 Å². The number of carboxylic acid groups (broad SMARTS) is 1. The van der Waals surface area contributed by atoms with Crippen LogP contribution >= 0.6 is 23.4 Å². The number of phenolic OH excluding ortho intramolecular Hbond substituents is 1. The molecule has 2 N–H and O–H groups in total. The third-order valence-electron chi connectivity index (χ3n) is 2.43. The predicted molar refractivity (Wildman–Crippen MR) is 78.3 cm³/mol. The molecular weight excluding hydrogens is 316 g/mol. The summed E-state index contributed by atoms with van der Waals surface area (Å²) >= 11 is 6.64. The normalized spacial score (nSPS) is 11.6. The molecule has 2 aromatic rings. The van der Waals surface area contributed by atoms with Crippen molar-refractivity contribution in [1.82, 2.24) is 10.2 Å². The molecule has 0 radical (unpaired) electrons. The summed E-state index contributed by atoms with van der Waals surface area (Å²) in [6.07, 6.45) is 1.86. The number of phenols is 1. The van der Waals surface area contributed by atoms with Crippen molar-refractivity contribution in [3.63, 3.8) is 0 Å². The number of aliphatic carboxylic acids is 1. The molecule has 1 aromatic heterocycles. The molecule has 0 unspecified atom stereocenters. The molecular formula is C13H11ClN2O4S. The van der Waals surface area contributed by atoms with E-state index in [9.17, 15) is 15.0 Å². The average molecular weight is 327 g/mol. The van der Waals surface area contributed by atoms with Crippen molar-refractivity contribution in [3.8, 4) is 5.75 Å². The highest BCUT2D eigenvalue weighted by Crippen LogP contribution is 2.30. The summed E-state index contributed by atoms with van der Waals surface area (Å²) in [7, 11) is 0. The van der Waals surface area contributed by atoms with E-state index in [2.05, 4.69) is 10.2 Å². The monoisotopic (exact) mass is 326 g/mol. The van der Waals surface area contributed by atoms with Gasteiger partial charge in [0.05, 0.1) is 0 Å². The molecule has 2 rings (SSSR count). The fourth-order valence-corrected chi connectivity index (χ4v) is 2.29. The summed E-state index contributed by atoms with van der Waals surface area (Å²) in [6.45, 7) is 1.85.